The molecule has 0 spiro atoms. The van der Waals surface area contributed by atoms with Crippen LogP contribution in [0.15, 0.2) is 18.2 Å². The second-order valence-corrected chi connectivity index (χ2v) is 6.23. The fourth-order valence-corrected chi connectivity index (χ4v) is 1.71. The van der Waals surface area contributed by atoms with E-state index < -0.39 is 9.85 Å². The van der Waals surface area contributed by atoms with Crippen LogP contribution in [-0.4, -0.2) is 16.4 Å². The summed E-state index contributed by atoms with van der Waals surface area (Å²) in [7, 11) is 0. The summed E-state index contributed by atoms with van der Waals surface area (Å²) >= 11 is 0. The van der Waals surface area contributed by atoms with Crippen LogP contribution in [0.1, 0.15) is 33.3 Å². The fraction of sp³-hybridized carbons (Fsp3) is 0.571. The van der Waals surface area contributed by atoms with E-state index in [9.17, 15) is 20.2 Å². The number of nitro groups is 2. The van der Waals surface area contributed by atoms with Crippen molar-refractivity contribution >= 4 is 11.4 Å². The second kappa shape index (κ2) is 6.62. The van der Waals surface area contributed by atoms with E-state index in [1.54, 1.807) is 0 Å². The van der Waals surface area contributed by atoms with Gasteiger partial charge in [0.25, 0.3) is 11.4 Å². The molecule has 0 bridgehead atoms. The molecule has 0 amide bonds. The van der Waals surface area contributed by atoms with Crippen molar-refractivity contribution in [2.45, 2.75) is 34.2 Å². The summed E-state index contributed by atoms with van der Waals surface area (Å²) in [6, 6.07) is 3.73. The molecule has 1 aromatic rings. The van der Waals surface area contributed by atoms with Crippen molar-refractivity contribution in [1.82, 2.24) is 5.32 Å². The Hall–Kier alpha value is -2.02. The normalized spacial score (nSPS) is 13.0. The van der Waals surface area contributed by atoms with E-state index in [0.29, 0.717) is 18.0 Å². The largest absolute Gasteiger partial charge is 0.312 e. The van der Waals surface area contributed by atoms with Gasteiger partial charge in [0.05, 0.1) is 15.9 Å². The minimum Gasteiger partial charge on any atom is -0.312 e. The zero-order valence-corrected chi connectivity index (χ0v) is 12.8. The third-order valence-electron chi connectivity index (χ3n) is 3.72. The third-order valence-corrected chi connectivity index (χ3v) is 3.72. The lowest BCUT2D eigenvalue weighted by Gasteiger charge is -2.27. The molecule has 1 atom stereocenters. The predicted molar refractivity (Wildman–Crippen MR) is 80.1 cm³/mol. The summed E-state index contributed by atoms with van der Waals surface area (Å²) in [5.41, 5.74) is 0.106. The van der Waals surface area contributed by atoms with Crippen LogP contribution in [0.3, 0.4) is 0 Å². The molecule has 0 aliphatic carbocycles. The van der Waals surface area contributed by atoms with Gasteiger partial charge in [-0.05, 0) is 23.9 Å². The first kappa shape index (κ1) is 17.0. The van der Waals surface area contributed by atoms with Crippen LogP contribution < -0.4 is 5.32 Å². The monoisotopic (exact) mass is 295 g/mol. The van der Waals surface area contributed by atoms with E-state index >= 15 is 0 Å². The molecule has 1 unspecified atom stereocenters. The van der Waals surface area contributed by atoms with Gasteiger partial charge in [-0.1, -0.05) is 27.7 Å². The summed E-state index contributed by atoms with van der Waals surface area (Å²) in [6.45, 7) is 9.54. The maximum Gasteiger partial charge on any atom is 0.280 e. The molecule has 7 nitrogen and oxygen atoms in total. The van der Waals surface area contributed by atoms with E-state index in [1.807, 2.05) is 0 Å². The molecule has 21 heavy (non-hydrogen) atoms. The number of rotatable bonds is 6. The van der Waals surface area contributed by atoms with Gasteiger partial charge in [-0.25, -0.2) is 0 Å². The van der Waals surface area contributed by atoms with Crippen LogP contribution in [0.2, 0.25) is 0 Å². The standard InChI is InChI=1S/C14H21N3O4/c1-10(14(2,3)4)8-15-9-11-5-6-12(16(18)19)7-13(11)17(20)21/h5-7,10,15H,8-9H2,1-4H3. The second-order valence-electron chi connectivity index (χ2n) is 6.23. The highest BCUT2D eigenvalue weighted by molar-refractivity contribution is 5.49. The number of nitrogens with zero attached hydrogens (tertiary/aromatic N) is 2. The van der Waals surface area contributed by atoms with Crippen LogP contribution >= 0.6 is 0 Å². The highest BCUT2D eigenvalue weighted by Gasteiger charge is 2.21. The van der Waals surface area contributed by atoms with Crippen molar-refractivity contribution in [3.8, 4) is 0 Å². The summed E-state index contributed by atoms with van der Waals surface area (Å²) in [5, 5.41) is 24.9. The summed E-state index contributed by atoms with van der Waals surface area (Å²) < 4.78 is 0. The Labute approximate surface area is 123 Å². The molecule has 1 rings (SSSR count). The Morgan fingerprint density at radius 3 is 2.29 bits per heavy atom. The Kier molecular flexibility index (Phi) is 5.37. The Balaban J connectivity index is 2.80. The summed E-state index contributed by atoms with van der Waals surface area (Å²) in [5.74, 6) is 0.398. The number of benzene rings is 1. The van der Waals surface area contributed by atoms with Crippen LogP contribution in [0.5, 0.6) is 0 Å². The van der Waals surface area contributed by atoms with Gasteiger partial charge in [0.1, 0.15) is 0 Å². The summed E-state index contributed by atoms with van der Waals surface area (Å²) in [4.78, 5) is 20.5. The lowest BCUT2D eigenvalue weighted by molar-refractivity contribution is -0.394. The quantitative estimate of drug-likeness (QED) is 0.641. The number of nitro benzene ring substituents is 2. The summed E-state index contributed by atoms with van der Waals surface area (Å²) in [6.07, 6.45) is 0. The molecule has 1 aromatic carbocycles. The zero-order valence-electron chi connectivity index (χ0n) is 12.8. The molecule has 0 saturated heterocycles. The zero-order chi connectivity index (χ0) is 16.2. The average molecular weight is 295 g/mol. The smallest absolute Gasteiger partial charge is 0.280 e. The van der Waals surface area contributed by atoms with Gasteiger partial charge in [-0.3, -0.25) is 20.2 Å². The predicted octanol–water partition coefficient (Wildman–Crippen LogP) is 3.27. The number of hydrogen-bond donors (Lipinski definition) is 1. The lowest BCUT2D eigenvalue weighted by atomic mass is 9.82. The molecule has 0 aromatic heterocycles. The third kappa shape index (κ3) is 4.78. The molecule has 116 valence electrons. The van der Waals surface area contributed by atoms with Crippen LogP contribution in [-0.2, 0) is 6.54 Å². The molecule has 0 aliphatic heterocycles. The van der Waals surface area contributed by atoms with E-state index in [2.05, 4.69) is 33.0 Å². The van der Waals surface area contributed by atoms with Crippen molar-refractivity contribution in [2.75, 3.05) is 6.54 Å². The number of hydrogen-bond acceptors (Lipinski definition) is 5. The molecule has 0 saturated carbocycles. The lowest BCUT2D eigenvalue weighted by Crippen LogP contribution is -2.29. The first-order chi connectivity index (χ1) is 9.62. The average Bonchev–Trinajstić information content (AvgIpc) is 2.37. The molecule has 0 aliphatic rings. The van der Waals surface area contributed by atoms with Crippen LogP contribution in [0, 0.1) is 31.6 Å². The minimum absolute atomic E-state index is 0.147. The van der Waals surface area contributed by atoms with Gasteiger partial charge in [0.2, 0.25) is 0 Å². The Morgan fingerprint density at radius 2 is 1.81 bits per heavy atom. The van der Waals surface area contributed by atoms with Crippen LogP contribution in [0.4, 0.5) is 11.4 Å². The van der Waals surface area contributed by atoms with Crippen molar-refractivity contribution < 1.29 is 9.85 Å². The van der Waals surface area contributed by atoms with Crippen molar-refractivity contribution in [3.63, 3.8) is 0 Å². The first-order valence-corrected chi connectivity index (χ1v) is 6.75. The number of nitrogens with one attached hydrogen (secondary N) is 1. The van der Waals surface area contributed by atoms with Gasteiger partial charge in [0, 0.05) is 18.2 Å². The number of non-ortho nitro benzene ring substituents is 1. The van der Waals surface area contributed by atoms with Crippen molar-refractivity contribution in [1.29, 1.82) is 0 Å². The van der Waals surface area contributed by atoms with E-state index in [0.717, 1.165) is 12.6 Å². The molecule has 1 N–H and O–H groups in total. The van der Waals surface area contributed by atoms with E-state index in [1.165, 1.54) is 12.1 Å². The first-order valence-electron chi connectivity index (χ1n) is 6.75. The van der Waals surface area contributed by atoms with Gasteiger partial charge < -0.3 is 5.32 Å². The highest BCUT2D eigenvalue weighted by atomic mass is 16.6. The molecule has 7 heteroatoms. The van der Waals surface area contributed by atoms with Crippen molar-refractivity contribution in [3.05, 3.63) is 44.0 Å². The van der Waals surface area contributed by atoms with Gasteiger partial charge in [-0.15, -0.1) is 0 Å². The molecular weight excluding hydrogens is 274 g/mol. The fourth-order valence-electron chi connectivity index (χ4n) is 1.71. The Bertz CT molecular complexity index is 538. The van der Waals surface area contributed by atoms with Crippen LogP contribution in [0.25, 0.3) is 0 Å². The maximum atomic E-state index is 11.0. The van der Waals surface area contributed by atoms with Crippen molar-refractivity contribution in [2.24, 2.45) is 11.3 Å². The van der Waals surface area contributed by atoms with Gasteiger partial charge in [-0.2, -0.15) is 0 Å². The highest BCUT2D eigenvalue weighted by Crippen LogP contribution is 2.26. The van der Waals surface area contributed by atoms with Gasteiger partial charge >= 0.3 is 0 Å². The van der Waals surface area contributed by atoms with E-state index in [4.69, 9.17) is 0 Å². The van der Waals surface area contributed by atoms with E-state index in [-0.39, 0.29) is 16.8 Å². The molecule has 0 fully saturated rings. The van der Waals surface area contributed by atoms with Gasteiger partial charge in [0.15, 0.2) is 0 Å². The molecule has 0 heterocycles. The molecule has 0 radical (unpaired) electrons. The minimum atomic E-state index is -0.633. The topological polar surface area (TPSA) is 98.3 Å². The Morgan fingerprint density at radius 1 is 1.19 bits per heavy atom. The molecular formula is C14H21N3O4. The maximum absolute atomic E-state index is 11.0. The SMILES string of the molecule is CC(CNCc1ccc([N+](=O)[O-])cc1[N+](=O)[O-])C(C)(C)C.